The van der Waals surface area contributed by atoms with E-state index in [1.807, 2.05) is 6.92 Å². The summed E-state index contributed by atoms with van der Waals surface area (Å²) in [5, 5.41) is 14.2. The summed E-state index contributed by atoms with van der Waals surface area (Å²) >= 11 is 7.81. The number of ether oxygens (including phenoxy) is 1. The predicted octanol–water partition coefficient (Wildman–Crippen LogP) is 5.95. The number of hydrogen-bond acceptors (Lipinski definition) is 9. The molecular formula is C31H32ClF2N7OS. The van der Waals surface area contributed by atoms with Gasteiger partial charge in [-0.05, 0) is 63.9 Å². The molecule has 5 heterocycles. The van der Waals surface area contributed by atoms with E-state index >= 15 is 4.39 Å². The van der Waals surface area contributed by atoms with Gasteiger partial charge in [-0.25, -0.2) is 8.78 Å². The number of piperidine rings is 1. The Balaban J connectivity index is 1.42. The van der Waals surface area contributed by atoms with Gasteiger partial charge < -0.3 is 20.7 Å². The molecule has 3 N–H and O–H groups in total. The first-order valence-electron chi connectivity index (χ1n) is 14.6. The van der Waals surface area contributed by atoms with Gasteiger partial charge in [0.2, 0.25) is 0 Å². The Bertz CT molecular complexity index is 1800. The number of thiophene rings is 1. The van der Waals surface area contributed by atoms with Crippen LogP contribution in [0.1, 0.15) is 38.2 Å². The van der Waals surface area contributed by atoms with Crippen LogP contribution in [0.4, 0.5) is 19.6 Å². The lowest BCUT2D eigenvalue weighted by atomic mass is 9.75. The quantitative estimate of drug-likeness (QED) is 0.281. The summed E-state index contributed by atoms with van der Waals surface area (Å²) in [6, 6.07) is 6.73. The first-order chi connectivity index (χ1) is 20.7. The number of benzene rings is 2. The number of anilines is 2. The van der Waals surface area contributed by atoms with Crippen LogP contribution in [0.25, 0.3) is 32.1 Å². The van der Waals surface area contributed by atoms with Crippen molar-refractivity contribution in [3.8, 4) is 23.2 Å². The fourth-order valence-electron chi connectivity index (χ4n) is 7.14. The van der Waals surface area contributed by atoms with Crippen molar-refractivity contribution in [2.24, 2.45) is 5.41 Å². The normalized spacial score (nSPS) is 20.9. The number of halogens is 3. The van der Waals surface area contributed by atoms with Crippen molar-refractivity contribution in [1.82, 2.24) is 20.2 Å². The van der Waals surface area contributed by atoms with Crippen LogP contribution < -0.4 is 20.7 Å². The van der Waals surface area contributed by atoms with Crippen LogP contribution in [-0.2, 0) is 0 Å². The molecule has 3 saturated heterocycles. The molecular weight excluding hydrogens is 592 g/mol. The number of likely N-dealkylation sites (tertiary alicyclic amines) is 1. The fraction of sp³-hybridized carbons (Fsp3) is 0.452. The second-order valence-corrected chi connectivity index (χ2v) is 13.6. The molecule has 1 spiro atoms. The number of likely N-dealkylation sites (N-methyl/N-ethyl adjacent to an activating group) is 1. The molecule has 0 radical (unpaired) electrons. The maximum Gasteiger partial charge on any atom is 0.319 e. The van der Waals surface area contributed by atoms with E-state index in [0.717, 1.165) is 69.7 Å². The van der Waals surface area contributed by atoms with E-state index in [-0.39, 0.29) is 65.9 Å². The van der Waals surface area contributed by atoms with Crippen molar-refractivity contribution < 1.29 is 13.5 Å². The highest BCUT2D eigenvalue weighted by atomic mass is 35.5. The summed E-state index contributed by atoms with van der Waals surface area (Å²) in [5.41, 5.74) is 6.70. The topological polar surface area (TPSA) is 103 Å². The first-order valence-corrected chi connectivity index (χ1v) is 15.8. The third-order valence-electron chi connectivity index (χ3n) is 9.41. The zero-order chi connectivity index (χ0) is 30.0. The molecule has 43 heavy (non-hydrogen) atoms. The highest BCUT2D eigenvalue weighted by Gasteiger charge is 2.41. The number of nitriles is 1. The molecule has 2 aromatic heterocycles. The first kappa shape index (κ1) is 28.5. The summed E-state index contributed by atoms with van der Waals surface area (Å²) in [4.78, 5) is 14.0. The average molecular weight is 624 g/mol. The number of fused-ring (bicyclic) bond motifs is 2. The molecule has 0 aliphatic carbocycles. The highest BCUT2D eigenvalue weighted by molar-refractivity contribution is 7.23. The van der Waals surface area contributed by atoms with Crippen molar-refractivity contribution in [3.05, 3.63) is 40.4 Å². The van der Waals surface area contributed by atoms with Gasteiger partial charge in [0.15, 0.2) is 5.82 Å². The lowest BCUT2D eigenvalue weighted by molar-refractivity contribution is 0.112. The Morgan fingerprint density at radius 1 is 1.26 bits per heavy atom. The third-order valence-corrected chi connectivity index (χ3v) is 10.7. The molecule has 8 nitrogen and oxygen atoms in total. The number of hydrogen-bond donors (Lipinski definition) is 2. The molecule has 3 fully saturated rings. The molecule has 0 saturated carbocycles. The molecule has 1 unspecified atom stereocenters. The van der Waals surface area contributed by atoms with E-state index in [1.165, 1.54) is 12.1 Å². The summed E-state index contributed by atoms with van der Waals surface area (Å²) in [7, 11) is 2.08. The second kappa shape index (κ2) is 10.7. The van der Waals surface area contributed by atoms with Crippen LogP contribution in [-0.4, -0.2) is 66.8 Å². The number of nitrogen functional groups attached to an aromatic ring is 1. The van der Waals surface area contributed by atoms with E-state index in [4.69, 9.17) is 27.1 Å². The molecule has 224 valence electrons. The van der Waals surface area contributed by atoms with Crippen molar-refractivity contribution in [2.75, 3.05) is 50.4 Å². The van der Waals surface area contributed by atoms with Gasteiger partial charge in [0, 0.05) is 54.0 Å². The van der Waals surface area contributed by atoms with Gasteiger partial charge in [0.1, 0.15) is 34.3 Å². The predicted molar refractivity (Wildman–Crippen MR) is 167 cm³/mol. The third kappa shape index (κ3) is 4.67. The highest BCUT2D eigenvalue weighted by Crippen LogP contribution is 2.46. The van der Waals surface area contributed by atoms with Crippen LogP contribution in [0, 0.1) is 28.4 Å². The van der Waals surface area contributed by atoms with Gasteiger partial charge >= 0.3 is 6.01 Å². The summed E-state index contributed by atoms with van der Waals surface area (Å²) < 4.78 is 38.2. The van der Waals surface area contributed by atoms with Gasteiger partial charge in [-0.3, -0.25) is 4.90 Å². The fourth-order valence-corrected chi connectivity index (χ4v) is 8.38. The summed E-state index contributed by atoms with van der Waals surface area (Å²) in [6.07, 6.45) is 3.99. The molecule has 2 aromatic carbocycles. The van der Waals surface area contributed by atoms with E-state index in [1.54, 1.807) is 6.07 Å². The van der Waals surface area contributed by atoms with Crippen LogP contribution in [0.2, 0.25) is 5.02 Å². The molecule has 2 atom stereocenters. The number of nitrogens with zero attached hydrogens (tertiary/aromatic N) is 5. The number of rotatable bonds is 5. The largest absolute Gasteiger partial charge is 0.459 e. The van der Waals surface area contributed by atoms with Gasteiger partial charge in [-0.1, -0.05) is 17.7 Å². The Morgan fingerprint density at radius 3 is 2.77 bits per heavy atom. The molecule has 3 aliphatic rings. The Hall–Kier alpha value is -3.30. The smallest absolute Gasteiger partial charge is 0.319 e. The standard InChI is InChI=1S/C31H32ClF2N7OS/c1-16(22-5-3-9-40(22)2)42-30-38-26-18(29(39-30)41-10-4-8-31(15-41)13-37-14-31)11-20(32)24(25(26)34)17-6-7-21(33)27-23(17)19(12-35)28(36)43-27/h6-7,11,16,22,37H,3-5,8-10,13-15,36H2,1-2H3/t16?,22-/m0/s1. The number of aromatic nitrogens is 2. The Morgan fingerprint density at radius 2 is 2.07 bits per heavy atom. The summed E-state index contributed by atoms with van der Waals surface area (Å²) in [5.74, 6) is -0.628. The van der Waals surface area contributed by atoms with Gasteiger partial charge in [-0.2, -0.15) is 15.2 Å². The minimum absolute atomic E-state index is 0.0333. The molecule has 3 aliphatic heterocycles. The molecule has 4 aromatic rings. The monoisotopic (exact) mass is 623 g/mol. The SMILES string of the molecule is CC(Oc1nc(N2CCCC3(CNC3)C2)c2cc(Cl)c(-c3ccc(F)c4sc(N)c(C#N)c34)c(F)c2n1)[C@@H]1CCCN1C. The van der Waals surface area contributed by atoms with Crippen LogP contribution in [0.3, 0.4) is 0 Å². The van der Waals surface area contributed by atoms with Crippen LogP contribution >= 0.6 is 22.9 Å². The zero-order valence-corrected chi connectivity index (χ0v) is 25.6. The van der Waals surface area contributed by atoms with Gasteiger partial charge in [-0.15, -0.1) is 11.3 Å². The van der Waals surface area contributed by atoms with Crippen LogP contribution in [0.5, 0.6) is 6.01 Å². The molecule has 7 rings (SSSR count). The average Bonchev–Trinajstić information content (AvgIpc) is 3.56. The van der Waals surface area contributed by atoms with Gasteiger partial charge in [0.25, 0.3) is 0 Å². The molecule has 0 amide bonds. The van der Waals surface area contributed by atoms with E-state index in [9.17, 15) is 9.65 Å². The number of nitrogens with one attached hydrogen (secondary N) is 1. The minimum atomic E-state index is -0.680. The van der Waals surface area contributed by atoms with Gasteiger partial charge in [0.05, 0.1) is 15.3 Å². The zero-order valence-electron chi connectivity index (χ0n) is 24.0. The van der Waals surface area contributed by atoms with Crippen molar-refractivity contribution >= 4 is 54.7 Å². The summed E-state index contributed by atoms with van der Waals surface area (Å²) in [6.45, 7) is 6.42. The lowest BCUT2D eigenvalue weighted by Gasteiger charge is -2.49. The molecule has 0 bridgehead atoms. The van der Waals surface area contributed by atoms with E-state index < -0.39 is 11.6 Å². The molecule has 12 heteroatoms. The van der Waals surface area contributed by atoms with E-state index in [0.29, 0.717) is 11.2 Å². The van der Waals surface area contributed by atoms with E-state index in [2.05, 4.69) is 33.2 Å². The maximum atomic E-state index is 16.9. The van der Waals surface area contributed by atoms with Crippen molar-refractivity contribution in [3.63, 3.8) is 0 Å². The van der Waals surface area contributed by atoms with Crippen LogP contribution in [0.15, 0.2) is 18.2 Å². The van der Waals surface area contributed by atoms with Crippen molar-refractivity contribution in [1.29, 1.82) is 5.26 Å². The maximum absolute atomic E-state index is 16.9. The Labute approximate surface area is 257 Å². The van der Waals surface area contributed by atoms with Crippen molar-refractivity contribution in [2.45, 2.75) is 44.8 Å². The lowest BCUT2D eigenvalue weighted by Crippen LogP contribution is -2.61. The minimum Gasteiger partial charge on any atom is -0.459 e. The Kier molecular flexibility index (Phi) is 7.08. The second-order valence-electron chi connectivity index (χ2n) is 12.2. The number of nitrogens with two attached hydrogens (primary N) is 1.